The van der Waals surface area contributed by atoms with Gasteiger partial charge in [-0.3, -0.25) is 14.6 Å². The van der Waals surface area contributed by atoms with Crippen molar-refractivity contribution in [3.63, 3.8) is 0 Å². The van der Waals surface area contributed by atoms with E-state index in [0.29, 0.717) is 29.3 Å². The number of hydrogen-bond acceptors (Lipinski definition) is 5. The van der Waals surface area contributed by atoms with E-state index < -0.39 is 5.82 Å². The van der Waals surface area contributed by atoms with E-state index in [4.69, 9.17) is 16.6 Å². The molecule has 1 unspecified atom stereocenters. The molecular weight excluding hydrogens is 475 g/mol. The summed E-state index contributed by atoms with van der Waals surface area (Å²) in [4.78, 5) is 35.3. The molecule has 4 aromatic rings. The van der Waals surface area contributed by atoms with Gasteiger partial charge in [0.1, 0.15) is 10.5 Å². The second-order valence-corrected chi connectivity index (χ2v) is 9.62. The monoisotopic (exact) mass is 496 g/mol. The van der Waals surface area contributed by atoms with Crippen molar-refractivity contribution >= 4 is 45.0 Å². The Morgan fingerprint density at radius 3 is 2.88 bits per heavy atom. The number of rotatable bonds is 5. The van der Waals surface area contributed by atoms with Gasteiger partial charge in [-0.25, -0.2) is 9.37 Å². The zero-order valence-corrected chi connectivity index (χ0v) is 19.8. The second kappa shape index (κ2) is 9.56. The first-order valence-corrected chi connectivity index (χ1v) is 12.3. The minimum Gasteiger partial charge on any atom is -0.352 e. The van der Waals surface area contributed by atoms with Crippen molar-refractivity contribution in [3.05, 3.63) is 80.7 Å². The molecule has 2 aromatic carbocycles. The fourth-order valence-electron chi connectivity index (χ4n) is 4.25. The third-order valence-corrected chi connectivity index (χ3v) is 7.30. The van der Waals surface area contributed by atoms with Crippen LogP contribution < -0.4 is 15.8 Å². The molecule has 0 bridgehead atoms. The summed E-state index contributed by atoms with van der Waals surface area (Å²) in [5.41, 5.74) is 3.17. The predicted octanol–water partition coefficient (Wildman–Crippen LogP) is 4.98. The number of nitrogens with zero attached hydrogens (tertiary/aromatic N) is 2. The molecule has 1 fully saturated rings. The number of H-pyrrole nitrogens is 1. The van der Waals surface area contributed by atoms with Gasteiger partial charge in [0, 0.05) is 30.6 Å². The lowest BCUT2D eigenvalue weighted by Crippen LogP contribution is -2.44. The van der Waals surface area contributed by atoms with Gasteiger partial charge in [0.15, 0.2) is 0 Å². The highest BCUT2D eigenvalue weighted by molar-refractivity contribution is 7.17. The molecule has 1 amide bonds. The highest BCUT2D eigenvalue weighted by Gasteiger charge is 2.27. The molecule has 1 aliphatic rings. The average Bonchev–Trinajstić information content (AvgIpc) is 3.30. The number of piperidine rings is 1. The Bertz CT molecular complexity index is 1410. The number of aromatic nitrogens is 2. The first kappa shape index (κ1) is 22.6. The molecule has 2 N–H and O–H groups in total. The standard InChI is InChI=1S/C25H22ClFN4O2S/c26-19-11-15(8-9-20(19)27)12-28-23(32)17-7-4-10-31(13-17)25-29-21-18(16-5-2-1-3-6-16)14-34-22(21)24(33)30-25/h1-3,5-6,8-9,11,14,17H,4,7,10,12-13H2,(H,28,32)(H,29,30,33). The summed E-state index contributed by atoms with van der Waals surface area (Å²) < 4.78 is 14.0. The highest BCUT2D eigenvalue weighted by Crippen LogP contribution is 2.32. The Morgan fingerprint density at radius 1 is 1.26 bits per heavy atom. The number of carbonyl (C=O) groups is 1. The van der Waals surface area contributed by atoms with Gasteiger partial charge in [-0.05, 0) is 36.1 Å². The van der Waals surface area contributed by atoms with Crippen LogP contribution in [0.15, 0.2) is 58.7 Å². The number of halogens is 2. The fourth-order valence-corrected chi connectivity index (χ4v) is 5.37. The predicted molar refractivity (Wildman–Crippen MR) is 134 cm³/mol. The lowest BCUT2D eigenvalue weighted by Gasteiger charge is -2.32. The zero-order chi connectivity index (χ0) is 23.7. The Labute approximate surface area is 204 Å². The molecule has 174 valence electrons. The summed E-state index contributed by atoms with van der Waals surface area (Å²) >= 11 is 7.21. The van der Waals surface area contributed by atoms with Crippen LogP contribution in [0.2, 0.25) is 5.02 Å². The van der Waals surface area contributed by atoms with Gasteiger partial charge in [0.2, 0.25) is 11.9 Å². The molecule has 3 heterocycles. The van der Waals surface area contributed by atoms with Crippen LogP contribution in [0.3, 0.4) is 0 Å². The first-order chi connectivity index (χ1) is 16.5. The van der Waals surface area contributed by atoms with Crippen LogP contribution in [0.1, 0.15) is 18.4 Å². The van der Waals surface area contributed by atoms with E-state index in [1.807, 2.05) is 40.6 Å². The molecule has 2 aromatic heterocycles. The molecule has 9 heteroatoms. The molecule has 6 nitrogen and oxygen atoms in total. The van der Waals surface area contributed by atoms with Crippen molar-refractivity contribution in [1.82, 2.24) is 15.3 Å². The van der Waals surface area contributed by atoms with Crippen LogP contribution in [0.4, 0.5) is 10.3 Å². The number of carbonyl (C=O) groups excluding carboxylic acids is 1. The van der Waals surface area contributed by atoms with Gasteiger partial charge >= 0.3 is 0 Å². The van der Waals surface area contributed by atoms with Gasteiger partial charge < -0.3 is 10.2 Å². The van der Waals surface area contributed by atoms with E-state index in [2.05, 4.69) is 10.3 Å². The van der Waals surface area contributed by atoms with Gasteiger partial charge in [-0.2, -0.15) is 0 Å². The van der Waals surface area contributed by atoms with Crippen LogP contribution >= 0.6 is 22.9 Å². The number of thiophene rings is 1. The third kappa shape index (κ3) is 4.56. The van der Waals surface area contributed by atoms with Crippen LogP contribution in [0.25, 0.3) is 21.3 Å². The smallest absolute Gasteiger partial charge is 0.270 e. The van der Waals surface area contributed by atoms with E-state index in [0.717, 1.165) is 29.5 Å². The molecule has 0 aliphatic carbocycles. The summed E-state index contributed by atoms with van der Waals surface area (Å²) in [6.07, 6.45) is 1.55. The average molecular weight is 497 g/mol. The summed E-state index contributed by atoms with van der Waals surface area (Å²) in [5, 5.41) is 4.91. The third-order valence-electron chi connectivity index (χ3n) is 6.04. The quantitative estimate of drug-likeness (QED) is 0.408. The van der Waals surface area contributed by atoms with E-state index in [-0.39, 0.29) is 29.0 Å². The van der Waals surface area contributed by atoms with Crippen molar-refractivity contribution in [2.75, 3.05) is 18.0 Å². The number of fused-ring (bicyclic) bond motifs is 1. The van der Waals surface area contributed by atoms with Crippen LogP contribution in [0, 0.1) is 11.7 Å². The van der Waals surface area contributed by atoms with Crippen molar-refractivity contribution < 1.29 is 9.18 Å². The second-order valence-electron chi connectivity index (χ2n) is 8.33. The molecule has 0 spiro atoms. The first-order valence-electron chi connectivity index (χ1n) is 11.0. The largest absolute Gasteiger partial charge is 0.352 e. The number of amides is 1. The van der Waals surface area contributed by atoms with Crippen molar-refractivity contribution in [2.45, 2.75) is 19.4 Å². The van der Waals surface area contributed by atoms with Gasteiger partial charge in [-0.1, -0.05) is 48.0 Å². The van der Waals surface area contributed by atoms with E-state index in [1.54, 1.807) is 6.07 Å². The number of anilines is 1. The SMILES string of the molecule is O=C(NCc1ccc(F)c(Cl)c1)C1CCCN(c2nc3c(-c4ccccc4)csc3c(=O)[nH]2)C1. The maximum atomic E-state index is 13.4. The number of hydrogen-bond donors (Lipinski definition) is 2. The molecule has 1 atom stereocenters. The summed E-state index contributed by atoms with van der Waals surface area (Å²) in [6.45, 7) is 1.43. The maximum absolute atomic E-state index is 13.4. The number of aromatic amines is 1. The Hall–Kier alpha value is -3.23. The Balaban J connectivity index is 1.34. The molecule has 1 aliphatic heterocycles. The van der Waals surface area contributed by atoms with E-state index in [9.17, 15) is 14.0 Å². The lowest BCUT2D eigenvalue weighted by atomic mass is 9.97. The van der Waals surface area contributed by atoms with Gasteiger partial charge in [-0.15, -0.1) is 11.3 Å². The normalized spacial score (nSPS) is 16.1. The highest BCUT2D eigenvalue weighted by atomic mass is 35.5. The summed E-state index contributed by atoms with van der Waals surface area (Å²) in [6, 6.07) is 14.3. The molecule has 5 rings (SSSR count). The van der Waals surface area contributed by atoms with Crippen molar-refractivity contribution in [1.29, 1.82) is 0 Å². The topological polar surface area (TPSA) is 78.1 Å². The van der Waals surface area contributed by atoms with Crippen LogP contribution in [-0.4, -0.2) is 29.0 Å². The van der Waals surface area contributed by atoms with Crippen LogP contribution in [0.5, 0.6) is 0 Å². The molecule has 0 radical (unpaired) electrons. The zero-order valence-electron chi connectivity index (χ0n) is 18.2. The molecular formula is C25H22ClFN4O2S. The Morgan fingerprint density at radius 2 is 2.09 bits per heavy atom. The fraction of sp³-hybridized carbons (Fsp3) is 0.240. The van der Waals surface area contributed by atoms with E-state index >= 15 is 0 Å². The molecule has 0 saturated carbocycles. The van der Waals surface area contributed by atoms with Crippen molar-refractivity contribution in [2.24, 2.45) is 5.92 Å². The summed E-state index contributed by atoms with van der Waals surface area (Å²) in [5.74, 6) is -0.342. The maximum Gasteiger partial charge on any atom is 0.270 e. The number of benzene rings is 2. The minimum atomic E-state index is -0.487. The minimum absolute atomic E-state index is 0.0318. The van der Waals surface area contributed by atoms with Crippen LogP contribution in [-0.2, 0) is 11.3 Å². The molecule has 1 saturated heterocycles. The number of nitrogens with one attached hydrogen (secondary N) is 2. The van der Waals surface area contributed by atoms with E-state index in [1.165, 1.54) is 23.5 Å². The Kier molecular flexibility index (Phi) is 6.34. The lowest BCUT2D eigenvalue weighted by molar-refractivity contribution is -0.125. The van der Waals surface area contributed by atoms with Gasteiger partial charge in [0.25, 0.3) is 5.56 Å². The summed E-state index contributed by atoms with van der Waals surface area (Å²) in [7, 11) is 0. The van der Waals surface area contributed by atoms with Gasteiger partial charge in [0.05, 0.1) is 16.5 Å². The van der Waals surface area contributed by atoms with Crippen molar-refractivity contribution in [3.8, 4) is 11.1 Å². The molecule has 34 heavy (non-hydrogen) atoms.